The fraction of sp³-hybridized carbons (Fsp3) is 0.235. The Bertz CT molecular complexity index is 607. The first-order valence-corrected chi connectivity index (χ1v) is 6.70. The summed E-state index contributed by atoms with van der Waals surface area (Å²) in [6.45, 7) is 3.10. The Balaban J connectivity index is 2.12. The third-order valence-corrected chi connectivity index (χ3v) is 3.26. The highest BCUT2D eigenvalue weighted by Gasteiger charge is 2.12. The molecule has 0 fully saturated rings. The third-order valence-electron chi connectivity index (χ3n) is 3.26. The second kappa shape index (κ2) is 6.35. The summed E-state index contributed by atoms with van der Waals surface area (Å²) in [5, 5.41) is 0. The molecule has 0 heterocycles. The highest BCUT2D eigenvalue weighted by atomic mass is 16.2. The van der Waals surface area contributed by atoms with E-state index in [4.69, 9.17) is 5.73 Å². The molecule has 0 aliphatic rings. The molecular weight excluding hydrogens is 248 g/mol. The van der Waals surface area contributed by atoms with Crippen LogP contribution in [0.1, 0.15) is 27.0 Å². The van der Waals surface area contributed by atoms with Crippen molar-refractivity contribution < 1.29 is 4.79 Å². The highest BCUT2D eigenvalue weighted by molar-refractivity contribution is 5.94. The molecule has 0 atom stereocenters. The van der Waals surface area contributed by atoms with E-state index in [0.29, 0.717) is 18.7 Å². The van der Waals surface area contributed by atoms with Crippen molar-refractivity contribution in [3.8, 4) is 0 Å². The molecule has 0 radical (unpaired) electrons. The second-order valence-corrected chi connectivity index (χ2v) is 5.05. The smallest absolute Gasteiger partial charge is 0.253 e. The van der Waals surface area contributed by atoms with Crippen molar-refractivity contribution in [3.63, 3.8) is 0 Å². The van der Waals surface area contributed by atoms with Gasteiger partial charge in [0, 0.05) is 25.7 Å². The molecular formula is C17H20N2O. The van der Waals surface area contributed by atoms with Gasteiger partial charge in [0.1, 0.15) is 0 Å². The standard InChI is InChI=1S/C17H20N2O/c1-13-5-3-7-15(9-13)12-19(2)17(20)16-8-4-6-14(10-16)11-18/h3-10H,11-12,18H2,1-2H3. The Kier molecular flexibility index (Phi) is 4.53. The molecule has 3 nitrogen and oxygen atoms in total. The predicted molar refractivity (Wildman–Crippen MR) is 81.3 cm³/mol. The lowest BCUT2D eigenvalue weighted by Crippen LogP contribution is -2.26. The number of carbonyl (C=O) groups excluding carboxylic acids is 1. The van der Waals surface area contributed by atoms with Gasteiger partial charge in [0.2, 0.25) is 0 Å². The van der Waals surface area contributed by atoms with Crippen LogP contribution >= 0.6 is 0 Å². The van der Waals surface area contributed by atoms with E-state index in [1.165, 1.54) is 5.56 Å². The first-order valence-electron chi connectivity index (χ1n) is 6.70. The Labute approximate surface area is 120 Å². The topological polar surface area (TPSA) is 46.3 Å². The largest absolute Gasteiger partial charge is 0.337 e. The summed E-state index contributed by atoms with van der Waals surface area (Å²) in [6.07, 6.45) is 0. The van der Waals surface area contributed by atoms with Gasteiger partial charge in [-0.2, -0.15) is 0 Å². The van der Waals surface area contributed by atoms with E-state index in [1.54, 1.807) is 4.90 Å². The van der Waals surface area contributed by atoms with Gasteiger partial charge in [-0.3, -0.25) is 4.79 Å². The molecule has 2 aromatic rings. The van der Waals surface area contributed by atoms with E-state index in [2.05, 4.69) is 19.1 Å². The first-order chi connectivity index (χ1) is 9.60. The summed E-state index contributed by atoms with van der Waals surface area (Å²) < 4.78 is 0. The van der Waals surface area contributed by atoms with Crippen LogP contribution in [0.3, 0.4) is 0 Å². The van der Waals surface area contributed by atoms with Crippen LogP contribution in [0.5, 0.6) is 0 Å². The average Bonchev–Trinajstić information content (AvgIpc) is 2.46. The van der Waals surface area contributed by atoms with Crippen molar-refractivity contribution in [2.75, 3.05) is 7.05 Å². The maximum atomic E-state index is 12.4. The van der Waals surface area contributed by atoms with Crippen molar-refractivity contribution in [3.05, 3.63) is 70.8 Å². The lowest BCUT2D eigenvalue weighted by atomic mass is 10.1. The van der Waals surface area contributed by atoms with Gasteiger partial charge >= 0.3 is 0 Å². The zero-order chi connectivity index (χ0) is 14.5. The average molecular weight is 268 g/mol. The molecule has 0 spiro atoms. The van der Waals surface area contributed by atoms with Crippen molar-refractivity contribution in [1.82, 2.24) is 4.90 Å². The molecule has 2 aromatic carbocycles. The summed E-state index contributed by atoms with van der Waals surface area (Å²) in [6, 6.07) is 15.7. The Hall–Kier alpha value is -2.13. The van der Waals surface area contributed by atoms with Crippen LogP contribution in [0.25, 0.3) is 0 Å². The zero-order valence-corrected chi connectivity index (χ0v) is 12.0. The molecule has 3 heteroatoms. The molecule has 0 aromatic heterocycles. The fourth-order valence-corrected chi connectivity index (χ4v) is 2.21. The summed E-state index contributed by atoms with van der Waals surface area (Å²) in [5.74, 6) is 0.0156. The van der Waals surface area contributed by atoms with Gasteiger partial charge in [0.15, 0.2) is 0 Å². The highest BCUT2D eigenvalue weighted by Crippen LogP contribution is 2.11. The van der Waals surface area contributed by atoms with Crippen LogP contribution in [0.2, 0.25) is 0 Å². The third kappa shape index (κ3) is 3.45. The molecule has 20 heavy (non-hydrogen) atoms. The SMILES string of the molecule is Cc1cccc(CN(C)C(=O)c2cccc(CN)c2)c1. The Morgan fingerprint density at radius 3 is 2.50 bits per heavy atom. The van der Waals surface area contributed by atoms with E-state index >= 15 is 0 Å². The Morgan fingerprint density at radius 2 is 1.80 bits per heavy atom. The molecule has 104 valence electrons. The van der Waals surface area contributed by atoms with Crippen LogP contribution in [0, 0.1) is 6.92 Å². The monoisotopic (exact) mass is 268 g/mol. The number of aryl methyl sites for hydroxylation is 1. The van der Waals surface area contributed by atoms with Gasteiger partial charge in [0.25, 0.3) is 5.91 Å². The number of rotatable bonds is 4. The summed E-state index contributed by atoms with van der Waals surface area (Å²) in [4.78, 5) is 14.1. The minimum atomic E-state index is 0.0156. The molecule has 1 amide bonds. The van der Waals surface area contributed by atoms with Crippen LogP contribution in [0.4, 0.5) is 0 Å². The Morgan fingerprint density at radius 1 is 1.10 bits per heavy atom. The fourth-order valence-electron chi connectivity index (χ4n) is 2.21. The summed E-state index contributed by atoms with van der Waals surface area (Å²) >= 11 is 0. The van der Waals surface area contributed by atoms with E-state index in [-0.39, 0.29) is 5.91 Å². The number of nitrogens with two attached hydrogens (primary N) is 1. The number of nitrogens with zero attached hydrogens (tertiary/aromatic N) is 1. The van der Waals surface area contributed by atoms with Crippen LogP contribution < -0.4 is 5.73 Å². The van der Waals surface area contributed by atoms with Crippen LogP contribution in [0.15, 0.2) is 48.5 Å². The minimum absolute atomic E-state index is 0.0156. The zero-order valence-electron chi connectivity index (χ0n) is 12.0. The van der Waals surface area contributed by atoms with Crippen molar-refractivity contribution in [1.29, 1.82) is 0 Å². The van der Waals surface area contributed by atoms with Crippen molar-refractivity contribution >= 4 is 5.91 Å². The molecule has 0 saturated carbocycles. The minimum Gasteiger partial charge on any atom is -0.337 e. The number of amides is 1. The number of hydrogen-bond acceptors (Lipinski definition) is 2. The molecule has 0 unspecified atom stereocenters. The van der Waals surface area contributed by atoms with Gasteiger partial charge in [0.05, 0.1) is 0 Å². The lowest BCUT2D eigenvalue weighted by molar-refractivity contribution is 0.0785. The summed E-state index contributed by atoms with van der Waals surface area (Å²) in [5.41, 5.74) is 9.60. The van der Waals surface area contributed by atoms with E-state index in [9.17, 15) is 4.79 Å². The lowest BCUT2D eigenvalue weighted by Gasteiger charge is -2.18. The molecule has 0 saturated heterocycles. The molecule has 0 aliphatic heterocycles. The first kappa shape index (κ1) is 14.3. The van der Waals surface area contributed by atoms with Gasteiger partial charge in [-0.1, -0.05) is 42.0 Å². The summed E-state index contributed by atoms with van der Waals surface area (Å²) in [7, 11) is 1.82. The predicted octanol–water partition coefficient (Wildman–Crippen LogP) is 2.73. The number of carbonyl (C=O) groups is 1. The molecule has 2 N–H and O–H groups in total. The maximum absolute atomic E-state index is 12.4. The van der Waals surface area contributed by atoms with E-state index in [1.807, 2.05) is 43.4 Å². The van der Waals surface area contributed by atoms with Gasteiger partial charge in [-0.05, 0) is 30.2 Å². The molecule has 2 rings (SSSR count). The molecule has 0 aliphatic carbocycles. The van der Waals surface area contributed by atoms with E-state index < -0.39 is 0 Å². The quantitative estimate of drug-likeness (QED) is 0.926. The van der Waals surface area contributed by atoms with Crippen LogP contribution in [-0.2, 0) is 13.1 Å². The van der Waals surface area contributed by atoms with Gasteiger partial charge < -0.3 is 10.6 Å². The number of benzene rings is 2. The van der Waals surface area contributed by atoms with Crippen molar-refractivity contribution in [2.45, 2.75) is 20.0 Å². The maximum Gasteiger partial charge on any atom is 0.253 e. The molecule has 0 bridgehead atoms. The van der Waals surface area contributed by atoms with E-state index in [0.717, 1.165) is 11.1 Å². The van der Waals surface area contributed by atoms with Gasteiger partial charge in [-0.25, -0.2) is 0 Å². The normalized spacial score (nSPS) is 10.3. The van der Waals surface area contributed by atoms with Gasteiger partial charge in [-0.15, -0.1) is 0 Å². The van der Waals surface area contributed by atoms with Crippen LogP contribution in [-0.4, -0.2) is 17.9 Å². The number of hydrogen-bond donors (Lipinski definition) is 1. The second-order valence-electron chi connectivity index (χ2n) is 5.05. The van der Waals surface area contributed by atoms with Crippen molar-refractivity contribution in [2.24, 2.45) is 5.73 Å².